The van der Waals surface area contributed by atoms with Crippen molar-refractivity contribution in [3.63, 3.8) is 0 Å². The van der Waals surface area contributed by atoms with E-state index in [1.807, 2.05) is 0 Å². The second-order valence-electron chi connectivity index (χ2n) is 5.77. The van der Waals surface area contributed by atoms with Crippen LogP contribution >= 0.6 is 0 Å². The van der Waals surface area contributed by atoms with E-state index in [0.29, 0.717) is 22.3 Å². The first-order chi connectivity index (χ1) is 12.7. The lowest BCUT2D eigenvalue weighted by Gasteiger charge is -2.21. The first-order valence-electron chi connectivity index (χ1n) is 7.83. The van der Waals surface area contributed by atoms with E-state index in [-0.39, 0.29) is 12.3 Å². The summed E-state index contributed by atoms with van der Waals surface area (Å²) in [6, 6.07) is 12.1. The Morgan fingerprint density at radius 3 is 2.30 bits per heavy atom. The zero-order valence-electron chi connectivity index (χ0n) is 14.0. The standard InChI is InChI=1S/C18H14F5N3O/c1-26(10-11-6-8-12(9-7-11)27-18(21,22)23)17-13-4-2-3-5-14(13)24-16(25-17)15(19)20/h2-9,15H,10H2,1H3. The molecule has 0 saturated carbocycles. The molecule has 0 fully saturated rings. The third-order valence-electron chi connectivity index (χ3n) is 3.73. The molecule has 0 amide bonds. The van der Waals surface area contributed by atoms with Crippen LogP contribution in [0, 0.1) is 0 Å². The minimum atomic E-state index is -4.76. The normalized spacial score (nSPS) is 11.8. The maximum atomic E-state index is 13.1. The Balaban J connectivity index is 1.86. The number of nitrogens with zero attached hydrogens (tertiary/aromatic N) is 3. The summed E-state index contributed by atoms with van der Waals surface area (Å²) in [7, 11) is 1.66. The molecule has 0 radical (unpaired) electrons. The molecule has 0 N–H and O–H groups in total. The summed E-state index contributed by atoms with van der Waals surface area (Å²) in [6.45, 7) is 0.246. The van der Waals surface area contributed by atoms with E-state index in [1.165, 1.54) is 24.3 Å². The van der Waals surface area contributed by atoms with Gasteiger partial charge in [0.05, 0.1) is 5.52 Å². The monoisotopic (exact) mass is 383 g/mol. The van der Waals surface area contributed by atoms with Gasteiger partial charge < -0.3 is 9.64 Å². The summed E-state index contributed by atoms with van der Waals surface area (Å²) in [6.07, 6.45) is -7.58. The smallest absolute Gasteiger partial charge is 0.406 e. The molecular weight excluding hydrogens is 369 g/mol. The highest BCUT2D eigenvalue weighted by molar-refractivity contribution is 5.89. The molecular formula is C18H14F5N3O. The van der Waals surface area contributed by atoms with Crippen LogP contribution in [0.1, 0.15) is 17.8 Å². The Morgan fingerprint density at radius 1 is 1.00 bits per heavy atom. The van der Waals surface area contributed by atoms with Gasteiger partial charge >= 0.3 is 6.36 Å². The van der Waals surface area contributed by atoms with Crippen molar-refractivity contribution in [2.75, 3.05) is 11.9 Å². The fourth-order valence-corrected chi connectivity index (χ4v) is 2.61. The number of ether oxygens (including phenoxy) is 1. The van der Waals surface area contributed by atoms with Crippen LogP contribution in [0.4, 0.5) is 27.8 Å². The van der Waals surface area contributed by atoms with Gasteiger partial charge in [-0.1, -0.05) is 24.3 Å². The van der Waals surface area contributed by atoms with E-state index >= 15 is 0 Å². The van der Waals surface area contributed by atoms with E-state index < -0.39 is 18.6 Å². The molecule has 0 unspecified atom stereocenters. The topological polar surface area (TPSA) is 38.2 Å². The molecule has 0 saturated heterocycles. The van der Waals surface area contributed by atoms with E-state index in [0.717, 1.165) is 0 Å². The lowest BCUT2D eigenvalue weighted by atomic mass is 10.2. The highest BCUT2D eigenvalue weighted by Gasteiger charge is 2.31. The molecule has 9 heteroatoms. The Labute approximate surface area is 151 Å². The van der Waals surface area contributed by atoms with Crippen LogP contribution in [-0.4, -0.2) is 23.4 Å². The molecule has 3 aromatic rings. The van der Waals surface area contributed by atoms with E-state index in [1.54, 1.807) is 36.2 Å². The summed E-state index contributed by atoms with van der Waals surface area (Å²) >= 11 is 0. The largest absolute Gasteiger partial charge is 0.573 e. The van der Waals surface area contributed by atoms with Gasteiger partial charge in [0.25, 0.3) is 6.43 Å². The van der Waals surface area contributed by atoms with Gasteiger partial charge in [-0.3, -0.25) is 0 Å². The van der Waals surface area contributed by atoms with Crippen LogP contribution in [0.25, 0.3) is 10.9 Å². The van der Waals surface area contributed by atoms with Gasteiger partial charge in [0.2, 0.25) is 0 Å². The van der Waals surface area contributed by atoms with Crippen LogP contribution in [-0.2, 0) is 6.54 Å². The van der Waals surface area contributed by atoms with Crippen molar-refractivity contribution >= 4 is 16.7 Å². The fraction of sp³-hybridized carbons (Fsp3) is 0.222. The second-order valence-corrected chi connectivity index (χ2v) is 5.77. The quantitative estimate of drug-likeness (QED) is 0.575. The van der Waals surface area contributed by atoms with Gasteiger partial charge in [0, 0.05) is 19.0 Å². The number of benzene rings is 2. The van der Waals surface area contributed by atoms with Gasteiger partial charge in [0.15, 0.2) is 5.82 Å². The summed E-state index contributed by atoms with van der Waals surface area (Å²) in [5.41, 5.74) is 1.05. The van der Waals surface area contributed by atoms with Crippen molar-refractivity contribution in [1.82, 2.24) is 9.97 Å². The third kappa shape index (κ3) is 4.60. The predicted octanol–water partition coefficient (Wildman–Crippen LogP) is 5.10. The van der Waals surface area contributed by atoms with Crippen LogP contribution < -0.4 is 9.64 Å². The fourth-order valence-electron chi connectivity index (χ4n) is 2.61. The predicted molar refractivity (Wildman–Crippen MR) is 89.7 cm³/mol. The molecule has 2 aromatic carbocycles. The van der Waals surface area contributed by atoms with Crippen molar-refractivity contribution in [2.24, 2.45) is 0 Å². The molecule has 0 atom stereocenters. The first kappa shape index (κ1) is 18.8. The maximum absolute atomic E-state index is 13.1. The number of aromatic nitrogens is 2. The molecule has 3 rings (SSSR count). The average Bonchev–Trinajstić information content (AvgIpc) is 2.61. The minimum Gasteiger partial charge on any atom is -0.406 e. The number of fused-ring (bicyclic) bond motifs is 1. The van der Waals surface area contributed by atoms with Gasteiger partial charge in [-0.15, -0.1) is 13.2 Å². The Kier molecular flexibility index (Phi) is 5.11. The molecule has 27 heavy (non-hydrogen) atoms. The Hall–Kier alpha value is -2.97. The zero-order valence-corrected chi connectivity index (χ0v) is 14.0. The second kappa shape index (κ2) is 7.34. The van der Waals surface area contributed by atoms with E-state index in [4.69, 9.17) is 0 Å². The van der Waals surface area contributed by atoms with Gasteiger partial charge in [-0.2, -0.15) is 0 Å². The van der Waals surface area contributed by atoms with Crippen molar-refractivity contribution in [1.29, 1.82) is 0 Å². The van der Waals surface area contributed by atoms with Gasteiger partial charge in [0.1, 0.15) is 11.6 Å². The molecule has 0 aliphatic rings. The van der Waals surface area contributed by atoms with Gasteiger partial charge in [-0.25, -0.2) is 18.7 Å². The van der Waals surface area contributed by atoms with E-state index in [9.17, 15) is 22.0 Å². The SMILES string of the molecule is CN(Cc1ccc(OC(F)(F)F)cc1)c1nc(C(F)F)nc2ccccc12. The summed E-state index contributed by atoms with van der Waals surface area (Å²) < 4.78 is 66.7. The molecule has 1 heterocycles. The highest BCUT2D eigenvalue weighted by Crippen LogP contribution is 2.28. The lowest BCUT2D eigenvalue weighted by molar-refractivity contribution is -0.274. The lowest BCUT2D eigenvalue weighted by Crippen LogP contribution is -2.19. The van der Waals surface area contributed by atoms with E-state index in [2.05, 4.69) is 14.7 Å². The summed E-state index contributed by atoms with van der Waals surface area (Å²) in [4.78, 5) is 9.45. The van der Waals surface area contributed by atoms with Crippen molar-refractivity contribution in [3.05, 3.63) is 59.9 Å². The maximum Gasteiger partial charge on any atom is 0.573 e. The summed E-state index contributed by atoms with van der Waals surface area (Å²) in [5, 5.41) is 0.599. The van der Waals surface area contributed by atoms with Gasteiger partial charge in [-0.05, 0) is 29.8 Å². The first-order valence-corrected chi connectivity index (χ1v) is 7.83. The zero-order chi connectivity index (χ0) is 19.6. The molecule has 0 aliphatic heterocycles. The summed E-state index contributed by atoms with van der Waals surface area (Å²) in [5.74, 6) is -0.600. The third-order valence-corrected chi connectivity index (χ3v) is 3.73. The minimum absolute atomic E-state index is 0.246. The number of anilines is 1. The number of hydrogen-bond acceptors (Lipinski definition) is 4. The van der Waals surface area contributed by atoms with Crippen LogP contribution in [0.2, 0.25) is 0 Å². The molecule has 0 aliphatic carbocycles. The number of alkyl halides is 5. The Morgan fingerprint density at radius 2 is 1.67 bits per heavy atom. The van der Waals surface area contributed by atoms with Crippen molar-refractivity contribution < 1.29 is 26.7 Å². The molecule has 4 nitrogen and oxygen atoms in total. The number of para-hydroxylation sites is 1. The molecule has 142 valence electrons. The van der Waals surface area contributed by atoms with Crippen LogP contribution in [0.15, 0.2) is 48.5 Å². The number of halogens is 5. The molecule has 0 bridgehead atoms. The average molecular weight is 383 g/mol. The Bertz CT molecular complexity index is 928. The van der Waals surface area contributed by atoms with Crippen LogP contribution in [0.5, 0.6) is 5.75 Å². The van der Waals surface area contributed by atoms with Crippen molar-refractivity contribution in [2.45, 2.75) is 19.3 Å². The number of rotatable bonds is 5. The number of hydrogen-bond donors (Lipinski definition) is 0. The molecule has 1 aromatic heterocycles. The highest BCUT2D eigenvalue weighted by atomic mass is 19.4. The molecule has 0 spiro atoms. The van der Waals surface area contributed by atoms with Crippen LogP contribution in [0.3, 0.4) is 0 Å². The van der Waals surface area contributed by atoms with Crippen molar-refractivity contribution in [3.8, 4) is 5.75 Å².